The Bertz CT molecular complexity index is 1210. The van der Waals surface area contributed by atoms with Gasteiger partial charge < -0.3 is 4.74 Å². The van der Waals surface area contributed by atoms with Crippen LogP contribution in [-0.2, 0) is 6.54 Å². The molecule has 7 heteroatoms. The molecule has 2 aromatic heterocycles. The number of aromatic nitrogens is 3. The van der Waals surface area contributed by atoms with Gasteiger partial charge in [-0.15, -0.1) is 0 Å². The highest BCUT2D eigenvalue weighted by Gasteiger charge is 2.15. The summed E-state index contributed by atoms with van der Waals surface area (Å²) in [5.41, 5.74) is 0.896. The lowest BCUT2D eigenvalue weighted by atomic mass is 10.0. The van der Waals surface area contributed by atoms with Crippen molar-refractivity contribution < 1.29 is 13.5 Å². The average Bonchev–Trinajstić information content (AvgIpc) is 2.72. The van der Waals surface area contributed by atoms with Crippen molar-refractivity contribution in [2.45, 2.75) is 6.54 Å². The Balaban J connectivity index is 1.73. The Morgan fingerprint density at radius 2 is 1.75 bits per heavy atom. The molecule has 4 aromatic rings. The quantitative estimate of drug-likeness (QED) is 0.541. The van der Waals surface area contributed by atoms with Crippen LogP contribution in [0.4, 0.5) is 8.78 Å². The molecule has 0 aliphatic carbocycles. The summed E-state index contributed by atoms with van der Waals surface area (Å²) < 4.78 is 35.6. The van der Waals surface area contributed by atoms with Gasteiger partial charge in [-0.25, -0.2) is 18.7 Å². The van der Waals surface area contributed by atoms with Crippen molar-refractivity contribution in [2.75, 3.05) is 7.11 Å². The number of benzene rings is 2. The predicted octanol–water partition coefficient (Wildman–Crippen LogP) is 3.79. The number of hydrogen-bond acceptors (Lipinski definition) is 4. The first-order valence-corrected chi connectivity index (χ1v) is 8.49. The molecule has 0 unspecified atom stereocenters. The maximum Gasteiger partial charge on any atom is 0.261 e. The first-order valence-electron chi connectivity index (χ1n) is 8.49. The smallest absolute Gasteiger partial charge is 0.261 e. The fourth-order valence-electron chi connectivity index (χ4n) is 3.01. The summed E-state index contributed by atoms with van der Waals surface area (Å²) in [6, 6.07) is 12.5. The standard InChI is InChI=1S/C21H15F2N3O2/c1-28-20-10-13(6-7-24-20)14-8-17(22)16(18(23)9-14)11-26-12-25-19-5-3-2-4-15(19)21(26)27/h2-10,12H,11H2,1H3. The molecular weight excluding hydrogens is 364 g/mol. The third-order valence-electron chi connectivity index (χ3n) is 4.48. The van der Waals surface area contributed by atoms with Crippen molar-refractivity contribution in [2.24, 2.45) is 0 Å². The van der Waals surface area contributed by atoms with Crippen molar-refractivity contribution in [3.63, 3.8) is 0 Å². The zero-order chi connectivity index (χ0) is 19.7. The molecular formula is C21H15F2N3O2. The van der Waals surface area contributed by atoms with E-state index in [1.807, 2.05) is 0 Å². The van der Waals surface area contributed by atoms with E-state index in [4.69, 9.17) is 4.74 Å². The molecule has 0 saturated carbocycles. The van der Waals surface area contributed by atoms with E-state index in [-0.39, 0.29) is 17.7 Å². The minimum atomic E-state index is -0.745. The van der Waals surface area contributed by atoms with Gasteiger partial charge in [0.15, 0.2) is 0 Å². The minimum Gasteiger partial charge on any atom is -0.481 e. The topological polar surface area (TPSA) is 57.0 Å². The predicted molar refractivity (Wildman–Crippen MR) is 101 cm³/mol. The van der Waals surface area contributed by atoms with Gasteiger partial charge in [0.1, 0.15) is 11.6 Å². The average molecular weight is 379 g/mol. The molecule has 0 amide bonds. The lowest BCUT2D eigenvalue weighted by molar-refractivity contribution is 0.398. The van der Waals surface area contributed by atoms with Crippen LogP contribution in [0, 0.1) is 11.6 Å². The van der Waals surface area contributed by atoms with Gasteiger partial charge in [-0.2, -0.15) is 0 Å². The van der Waals surface area contributed by atoms with Gasteiger partial charge in [0.2, 0.25) is 5.88 Å². The highest BCUT2D eigenvalue weighted by molar-refractivity contribution is 5.76. The summed E-state index contributed by atoms with van der Waals surface area (Å²) in [5.74, 6) is -1.15. The maximum absolute atomic E-state index is 14.7. The minimum absolute atomic E-state index is 0.205. The van der Waals surface area contributed by atoms with Gasteiger partial charge in [0.05, 0.1) is 30.9 Å². The van der Waals surface area contributed by atoms with Gasteiger partial charge in [-0.1, -0.05) is 12.1 Å². The van der Waals surface area contributed by atoms with Crippen LogP contribution in [0.3, 0.4) is 0 Å². The molecule has 0 bridgehead atoms. The van der Waals surface area contributed by atoms with Crippen LogP contribution in [0.25, 0.3) is 22.0 Å². The third kappa shape index (κ3) is 3.22. The van der Waals surface area contributed by atoms with Gasteiger partial charge in [0.25, 0.3) is 5.56 Å². The number of halogens is 2. The zero-order valence-electron chi connectivity index (χ0n) is 14.9. The van der Waals surface area contributed by atoms with Crippen LogP contribution >= 0.6 is 0 Å². The van der Waals surface area contributed by atoms with Crippen LogP contribution in [0.5, 0.6) is 5.88 Å². The molecule has 5 nitrogen and oxygen atoms in total. The Morgan fingerprint density at radius 1 is 1.00 bits per heavy atom. The summed E-state index contributed by atoms with van der Waals surface area (Å²) in [6.07, 6.45) is 2.80. The second-order valence-electron chi connectivity index (χ2n) is 6.20. The molecule has 140 valence electrons. The summed E-state index contributed by atoms with van der Waals surface area (Å²) in [5, 5.41) is 0.395. The van der Waals surface area contributed by atoms with E-state index in [1.54, 1.807) is 36.4 Å². The van der Waals surface area contributed by atoms with Gasteiger partial charge in [-0.05, 0) is 41.5 Å². The number of rotatable bonds is 4. The molecule has 2 heterocycles. The number of pyridine rings is 1. The van der Waals surface area contributed by atoms with E-state index in [0.717, 1.165) is 0 Å². The third-order valence-corrected chi connectivity index (χ3v) is 4.48. The summed E-state index contributed by atoms with van der Waals surface area (Å²) in [6.45, 7) is -0.256. The van der Waals surface area contributed by atoms with Crippen molar-refractivity contribution in [3.05, 3.63) is 88.6 Å². The van der Waals surface area contributed by atoms with Gasteiger partial charge in [-0.3, -0.25) is 9.36 Å². The summed E-state index contributed by atoms with van der Waals surface area (Å²) >= 11 is 0. The molecule has 0 spiro atoms. The maximum atomic E-state index is 14.7. The van der Waals surface area contributed by atoms with E-state index < -0.39 is 11.6 Å². The highest BCUT2D eigenvalue weighted by Crippen LogP contribution is 2.26. The normalized spacial score (nSPS) is 11.0. The van der Waals surface area contributed by atoms with Crippen molar-refractivity contribution in [3.8, 4) is 17.0 Å². The zero-order valence-corrected chi connectivity index (χ0v) is 14.9. The fourth-order valence-corrected chi connectivity index (χ4v) is 3.01. The number of methoxy groups -OCH3 is 1. The van der Waals surface area contributed by atoms with Crippen LogP contribution in [0.15, 0.2) is 65.8 Å². The highest BCUT2D eigenvalue weighted by atomic mass is 19.1. The van der Waals surface area contributed by atoms with Gasteiger partial charge in [0, 0.05) is 17.8 Å². The molecule has 4 rings (SSSR count). The lowest BCUT2D eigenvalue weighted by Crippen LogP contribution is -2.22. The number of fused-ring (bicyclic) bond motifs is 1. The molecule has 2 aromatic carbocycles. The van der Waals surface area contributed by atoms with E-state index in [9.17, 15) is 13.6 Å². The largest absolute Gasteiger partial charge is 0.481 e. The summed E-state index contributed by atoms with van der Waals surface area (Å²) in [4.78, 5) is 20.7. The van der Waals surface area contributed by atoms with Gasteiger partial charge >= 0.3 is 0 Å². The molecule has 0 radical (unpaired) electrons. The fraction of sp³-hybridized carbons (Fsp3) is 0.0952. The van der Waals surface area contributed by atoms with Crippen LogP contribution in [0.2, 0.25) is 0 Å². The molecule has 0 N–H and O–H groups in total. The first-order chi connectivity index (χ1) is 13.6. The molecule has 0 fully saturated rings. The van der Waals surface area contributed by atoms with E-state index in [1.165, 1.54) is 36.3 Å². The SMILES string of the molecule is COc1cc(-c2cc(F)c(Cn3cnc4ccccc4c3=O)c(F)c2)ccn1. The molecule has 0 aliphatic heterocycles. The molecule has 0 atom stereocenters. The number of para-hydroxylation sites is 1. The van der Waals surface area contributed by atoms with Crippen molar-refractivity contribution in [1.82, 2.24) is 14.5 Å². The monoisotopic (exact) mass is 379 g/mol. The Kier molecular flexibility index (Phi) is 4.57. The lowest BCUT2D eigenvalue weighted by Gasteiger charge is -2.11. The molecule has 0 saturated heterocycles. The van der Waals surface area contributed by atoms with Crippen molar-refractivity contribution >= 4 is 10.9 Å². The molecule has 28 heavy (non-hydrogen) atoms. The van der Waals surface area contributed by atoms with Crippen LogP contribution in [0.1, 0.15) is 5.56 Å². The first kappa shape index (κ1) is 17.8. The van der Waals surface area contributed by atoms with E-state index >= 15 is 0 Å². The Morgan fingerprint density at radius 3 is 2.50 bits per heavy atom. The summed E-state index contributed by atoms with van der Waals surface area (Å²) in [7, 11) is 1.46. The Labute approximate surface area is 158 Å². The Hall–Kier alpha value is -3.61. The number of nitrogens with zero attached hydrogens (tertiary/aromatic N) is 3. The number of hydrogen-bond donors (Lipinski definition) is 0. The van der Waals surface area contributed by atoms with E-state index in [0.29, 0.717) is 27.9 Å². The second kappa shape index (κ2) is 7.19. The van der Waals surface area contributed by atoms with Crippen molar-refractivity contribution in [1.29, 1.82) is 0 Å². The van der Waals surface area contributed by atoms with Crippen LogP contribution in [-0.4, -0.2) is 21.6 Å². The second-order valence-corrected chi connectivity index (χ2v) is 6.20. The van der Waals surface area contributed by atoms with Crippen LogP contribution < -0.4 is 10.3 Å². The molecule has 0 aliphatic rings. The number of ether oxygens (including phenoxy) is 1. The van der Waals surface area contributed by atoms with E-state index in [2.05, 4.69) is 9.97 Å².